The average Bonchev–Trinajstić information content (AvgIpc) is 3.05. The van der Waals surface area contributed by atoms with Crippen LogP contribution in [-0.4, -0.2) is 8.07 Å². The van der Waals surface area contributed by atoms with E-state index >= 15 is 0 Å². The van der Waals surface area contributed by atoms with Crippen LogP contribution in [0.15, 0.2) is 159 Å². The van der Waals surface area contributed by atoms with Crippen molar-refractivity contribution in [1.29, 1.82) is 0 Å². The Morgan fingerprint density at radius 2 is 0.884 bits per heavy atom. The maximum atomic E-state index is 2.56. The van der Waals surface area contributed by atoms with Gasteiger partial charge in [-0.15, -0.1) is 0 Å². The summed E-state index contributed by atoms with van der Waals surface area (Å²) >= 11 is 3.87. The second-order valence-corrected chi connectivity index (χ2v) is 17.9. The summed E-state index contributed by atoms with van der Waals surface area (Å²) in [6, 6.07) is 52.8. The molecule has 6 aromatic carbocycles. The zero-order valence-corrected chi connectivity index (χ0v) is 26.7. The summed E-state index contributed by atoms with van der Waals surface area (Å²) in [5.41, 5.74) is 6.41. The van der Waals surface area contributed by atoms with Crippen molar-refractivity contribution < 1.29 is 0 Å². The van der Waals surface area contributed by atoms with Gasteiger partial charge in [-0.1, -0.05) is 128 Å². The fourth-order valence-corrected chi connectivity index (χ4v) is 16.8. The molecule has 0 fully saturated rings. The van der Waals surface area contributed by atoms with Gasteiger partial charge in [-0.05, 0) is 80.4 Å². The summed E-state index contributed by atoms with van der Waals surface area (Å²) < 4.78 is 0. The first-order valence-electron chi connectivity index (χ1n) is 14.9. The topological polar surface area (TPSA) is 3.24 Å². The van der Waals surface area contributed by atoms with Crippen LogP contribution in [-0.2, 0) is 5.41 Å². The molecule has 1 nitrogen and oxygen atoms in total. The van der Waals surface area contributed by atoms with Crippen molar-refractivity contribution in [3.8, 4) is 0 Å². The third-order valence-corrected chi connectivity index (χ3v) is 17.6. The molecule has 3 heterocycles. The molecule has 3 aliphatic heterocycles. The molecule has 0 atom stereocenters. The molecule has 43 heavy (non-hydrogen) atoms. The van der Waals surface area contributed by atoms with Crippen molar-refractivity contribution in [2.24, 2.45) is 0 Å². The van der Waals surface area contributed by atoms with Crippen molar-refractivity contribution in [3.05, 3.63) is 151 Å². The number of benzene rings is 6. The molecular formula is C39H29NS2Si. The predicted octanol–water partition coefficient (Wildman–Crippen LogP) is 8.10. The third-order valence-electron chi connectivity index (χ3n) is 9.57. The van der Waals surface area contributed by atoms with Gasteiger partial charge in [0.15, 0.2) is 8.07 Å². The number of hydrogen-bond acceptors (Lipinski definition) is 3. The van der Waals surface area contributed by atoms with Crippen LogP contribution in [0.5, 0.6) is 0 Å². The minimum Gasteiger partial charge on any atom is -0.310 e. The van der Waals surface area contributed by atoms with E-state index in [9.17, 15) is 0 Å². The number of rotatable bonds is 1. The molecule has 0 saturated carbocycles. The van der Waals surface area contributed by atoms with Crippen LogP contribution in [0.3, 0.4) is 0 Å². The fraction of sp³-hybridized carbons (Fsp3) is 0.0769. The summed E-state index contributed by atoms with van der Waals surface area (Å²) in [7, 11) is -2.63. The van der Waals surface area contributed by atoms with Crippen LogP contribution >= 0.6 is 23.5 Å². The molecule has 0 bridgehead atoms. The van der Waals surface area contributed by atoms with Gasteiger partial charge in [0, 0.05) is 30.7 Å². The van der Waals surface area contributed by atoms with E-state index in [0.717, 1.165) is 0 Å². The molecule has 0 aromatic heterocycles. The smallest absolute Gasteiger partial charge is 0.184 e. The number of nitrogens with zero attached hydrogens (tertiary/aromatic N) is 1. The molecule has 1 spiro atoms. The van der Waals surface area contributed by atoms with Crippen molar-refractivity contribution in [2.45, 2.75) is 38.8 Å². The van der Waals surface area contributed by atoms with Gasteiger partial charge in [0.25, 0.3) is 0 Å². The summed E-state index contributed by atoms with van der Waals surface area (Å²) in [6.45, 7) is 4.72. The van der Waals surface area contributed by atoms with Crippen LogP contribution in [0.2, 0.25) is 0 Å². The predicted molar refractivity (Wildman–Crippen MR) is 185 cm³/mol. The highest BCUT2D eigenvalue weighted by molar-refractivity contribution is 8.01. The molecule has 0 amide bonds. The quantitative estimate of drug-likeness (QED) is 0.175. The van der Waals surface area contributed by atoms with Gasteiger partial charge in [-0.3, -0.25) is 0 Å². The van der Waals surface area contributed by atoms with E-state index < -0.39 is 8.07 Å². The maximum Gasteiger partial charge on any atom is 0.184 e. The fourth-order valence-electron chi connectivity index (χ4n) is 7.69. The lowest BCUT2D eigenvalue weighted by Crippen LogP contribution is -2.78. The van der Waals surface area contributed by atoms with Crippen molar-refractivity contribution in [1.82, 2.24) is 0 Å². The average molecular weight is 604 g/mol. The van der Waals surface area contributed by atoms with Crippen molar-refractivity contribution in [3.63, 3.8) is 0 Å². The molecule has 206 valence electrons. The van der Waals surface area contributed by atoms with Crippen LogP contribution in [0.1, 0.15) is 25.0 Å². The Balaban J connectivity index is 1.38. The van der Waals surface area contributed by atoms with Gasteiger partial charge in [0.1, 0.15) is 0 Å². The van der Waals surface area contributed by atoms with Gasteiger partial charge >= 0.3 is 0 Å². The van der Waals surface area contributed by atoms with E-state index in [-0.39, 0.29) is 5.41 Å². The van der Waals surface area contributed by atoms with Gasteiger partial charge in [-0.2, -0.15) is 0 Å². The van der Waals surface area contributed by atoms with E-state index in [0.29, 0.717) is 0 Å². The van der Waals surface area contributed by atoms with Crippen LogP contribution in [0.4, 0.5) is 17.1 Å². The lowest BCUT2D eigenvalue weighted by molar-refractivity contribution is 0.632. The van der Waals surface area contributed by atoms with Crippen molar-refractivity contribution in [2.75, 3.05) is 4.90 Å². The van der Waals surface area contributed by atoms with E-state index in [4.69, 9.17) is 0 Å². The summed E-state index contributed by atoms with van der Waals surface area (Å²) in [4.78, 5) is 8.06. The lowest BCUT2D eigenvalue weighted by atomic mass is 9.73. The van der Waals surface area contributed by atoms with Gasteiger partial charge in [0.2, 0.25) is 0 Å². The zero-order chi connectivity index (χ0) is 28.8. The minimum absolute atomic E-state index is 0.0822. The van der Waals surface area contributed by atoms with E-state index in [1.165, 1.54) is 68.5 Å². The Morgan fingerprint density at radius 1 is 0.465 bits per heavy atom. The Hall–Kier alpha value is -3.96. The highest BCUT2D eigenvalue weighted by Crippen LogP contribution is 2.52. The first kappa shape index (κ1) is 25.5. The van der Waals surface area contributed by atoms with Gasteiger partial charge in [0.05, 0.1) is 11.4 Å². The summed E-state index contributed by atoms with van der Waals surface area (Å²) in [5.74, 6) is 0. The monoisotopic (exact) mass is 603 g/mol. The molecule has 0 saturated heterocycles. The number of hydrogen-bond donors (Lipinski definition) is 0. The minimum atomic E-state index is -2.63. The van der Waals surface area contributed by atoms with Gasteiger partial charge < -0.3 is 4.90 Å². The highest BCUT2D eigenvalue weighted by atomic mass is 32.2. The second kappa shape index (κ2) is 9.27. The molecule has 0 radical (unpaired) electrons. The number of anilines is 3. The number of fused-ring (bicyclic) bond motifs is 10. The first-order chi connectivity index (χ1) is 21.1. The summed E-state index contributed by atoms with van der Waals surface area (Å²) in [5, 5.41) is 6.01. The largest absolute Gasteiger partial charge is 0.310 e. The Morgan fingerprint density at radius 3 is 1.40 bits per heavy atom. The highest BCUT2D eigenvalue weighted by Gasteiger charge is 2.51. The SMILES string of the molecule is CC1(C)c2ccccc2N(c2ccc3c(c2)[Si]2(c4ccccc4Sc4ccccc42)c2ccccc2S3)c2ccccc21. The van der Waals surface area contributed by atoms with Crippen LogP contribution in [0.25, 0.3) is 0 Å². The standard InChI is InChI=1S/C39H29NS2Si/c1-39(2)27-13-3-5-15-29(27)40(30-16-6-4-14-28(30)39)26-23-24-34-38(25-26)43(37-22-12-9-19-33(37)42-34)35-20-10-7-17-31(35)41-32-18-8-11-21-36(32)43/h3-25H,1-2H3. The molecule has 0 aliphatic carbocycles. The molecule has 0 unspecified atom stereocenters. The molecule has 0 N–H and O–H groups in total. The summed E-state index contributed by atoms with van der Waals surface area (Å²) in [6.07, 6.45) is 0. The van der Waals surface area contributed by atoms with Crippen LogP contribution < -0.4 is 25.6 Å². The molecule has 6 aromatic rings. The molecule has 4 heteroatoms. The Labute approximate surface area is 262 Å². The van der Waals surface area contributed by atoms with E-state index in [1.807, 2.05) is 23.5 Å². The van der Waals surface area contributed by atoms with E-state index in [2.05, 4.69) is 158 Å². The zero-order valence-electron chi connectivity index (χ0n) is 24.0. The van der Waals surface area contributed by atoms with Gasteiger partial charge in [-0.25, -0.2) is 0 Å². The second-order valence-electron chi connectivity index (χ2n) is 12.1. The third kappa shape index (κ3) is 3.43. The van der Waals surface area contributed by atoms with E-state index in [1.54, 1.807) is 0 Å². The Kier molecular flexibility index (Phi) is 5.50. The molecular weight excluding hydrogens is 575 g/mol. The van der Waals surface area contributed by atoms with Crippen molar-refractivity contribution >= 4 is 69.4 Å². The lowest BCUT2D eigenvalue weighted by Gasteiger charge is -2.45. The molecule has 3 aliphatic rings. The molecule has 9 rings (SSSR count). The number of para-hydroxylation sites is 2. The van der Waals surface area contributed by atoms with Crippen LogP contribution in [0, 0.1) is 0 Å². The first-order valence-corrected chi connectivity index (χ1v) is 18.5. The Bertz CT molecular complexity index is 1950. The maximum absolute atomic E-state index is 2.63. The normalized spacial score (nSPS) is 16.3.